The Morgan fingerprint density at radius 3 is 2.53 bits per heavy atom. The maximum atomic E-state index is 11.7. The zero-order valence-corrected chi connectivity index (χ0v) is 16.4. The number of primary amides is 1. The van der Waals surface area contributed by atoms with Gasteiger partial charge in [0, 0.05) is 16.9 Å². The summed E-state index contributed by atoms with van der Waals surface area (Å²) in [5.41, 5.74) is 13.3. The highest BCUT2D eigenvalue weighted by atomic mass is 35.5. The van der Waals surface area contributed by atoms with Crippen LogP contribution in [-0.4, -0.2) is 21.8 Å². The van der Waals surface area contributed by atoms with Gasteiger partial charge >= 0.3 is 0 Å². The summed E-state index contributed by atoms with van der Waals surface area (Å²) in [7, 11) is 0. The maximum absolute atomic E-state index is 11.7. The average Bonchev–Trinajstić information content (AvgIpc) is 2.71. The minimum Gasteiger partial charge on any atom is -0.399 e. The van der Waals surface area contributed by atoms with Crippen LogP contribution in [0.2, 0.25) is 5.02 Å². The van der Waals surface area contributed by atoms with Crippen molar-refractivity contribution in [3.63, 3.8) is 0 Å². The minimum absolute atomic E-state index is 0.204. The van der Waals surface area contributed by atoms with Crippen LogP contribution < -0.4 is 27.4 Å². The number of carbonyl (C=O) groups is 2. The van der Waals surface area contributed by atoms with E-state index in [4.69, 9.17) is 23.1 Å². The molecule has 0 saturated carbocycles. The standard InChI is InChI=1S/C20H18ClN7O2/c1-2-17(29)26-15-5-3-4-6-16(15)27-19-14(21)10-24-20(28-19)25-13-8-11(18(23)30)7-12(22)9-13/h2-10H,1,22H2,(H2,23,30)(H,26,29)(H2,24,25,27,28). The molecule has 30 heavy (non-hydrogen) atoms. The molecule has 0 aliphatic rings. The second-order valence-electron chi connectivity index (χ2n) is 6.09. The van der Waals surface area contributed by atoms with Crippen molar-refractivity contribution >= 4 is 57.9 Å². The van der Waals surface area contributed by atoms with Crippen LogP contribution in [0, 0.1) is 0 Å². The highest BCUT2D eigenvalue weighted by Crippen LogP contribution is 2.29. The second kappa shape index (κ2) is 8.93. The van der Waals surface area contributed by atoms with E-state index in [-0.39, 0.29) is 22.4 Å². The molecule has 0 fully saturated rings. The van der Waals surface area contributed by atoms with Crippen molar-refractivity contribution in [2.45, 2.75) is 0 Å². The number of nitrogens with one attached hydrogen (secondary N) is 3. The second-order valence-corrected chi connectivity index (χ2v) is 6.49. The molecule has 1 heterocycles. The largest absolute Gasteiger partial charge is 0.399 e. The van der Waals surface area contributed by atoms with E-state index in [2.05, 4.69) is 32.5 Å². The predicted molar refractivity (Wildman–Crippen MR) is 118 cm³/mol. The van der Waals surface area contributed by atoms with Crippen LogP contribution in [0.15, 0.2) is 61.3 Å². The lowest BCUT2D eigenvalue weighted by Gasteiger charge is -2.14. The minimum atomic E-state index is -0.608. The fourth-order valence-electron chi connectivity index (χ4n) is 2.52. The van der Waals surface area contributed by atoms with Crippen LogP contribution in [0.4, 0.5) is 34.5 Å². The van der Waals surface area contributed by atoms with Gasteiger partial charge in [0.1, 0.15) is 5.02 Å². The third kappa shape index (κ3) is 5.03. The Morgan fingerprint density at radius 2 is 1.83 bits per heavy atom. The highest BCUT2D eigenvalue weighted by molar-refractivity contribution is 6.33. The van der Waals surface area contributed by atoms with Gasteiger partial charge in [0.05, 0.1) is 17.6 Å². The van der Waals surface area contributed by atoms with E-state index in [9.17, 15) is 9.59 Å². The number of hydrogen-bond donors (Lipinski definition) is 5. The Labute approximate surface area is 177 Å². The monoisotopic (exact) mass is 423 g/mol. The summed E-state index contributed by atoms with van der Waals surface area (Å²) in [5, 5.41) is 8.98. The van der Waals surface area contributed by atoms with Crippen molar-refractivity contribution in [3.8, 4) is 0 Å². The molecule has 0 aliphatic carbocycles. The summed E-state index contributed by atoms with van der Waals surface area (Å²) < 4.78 is 0. The molecule has 1 aromatic heterocycles. The fourth-order valence-corrected chi connectivity index (χ4v) is 2.66. The van der Waals surface area contributed by atoms with Gasteiger partial charge in [-0.05, 0) is 36.4 Å². The molecule has 0 spiro atoms. The zero-order chi connectivity index (χ0) is 21.7. The molecule has 2 aromatic carbocycles. The van der Waals surface area contributed by atoms with Crippen LogP contribution in [-0.2, 0) is 4.79 Å². The number of aromatic nitrogens is 2. The first kappa shape index (κ1) is 20.6. The number of para-hydroxylation sites is 2. The third-order valence-electron chi connectivity index (χ3n) is 3.86. The first-order valence-electron chi connectivity index (χ1n) is 8.65. The lowest BCUT2D eigenvalue weighted by molar-refractivity contribution is -0.111. The molecule has 0 radical (unpaired) electrons. The first-order valence-corrected chi connectivity index (χ1v) is 9.03. The fraction of sp³-hybridized carbons (Fsp3) is 0. The summed E-state index contributed by atoms with van der Waals surface area (Å²) in [6, 6.07) is 11.6. The van der Waals surface area contributed by atoms with Crippen molar-refractivity contribution in [2.75, 3.05) is 21.7 Å². The average molecular weight is 424 g/mol. The van der Waals surface area contributed by atoms with Crippen LogP contribution in [0.5, 0.6) is 0 Å². The number of rotatable bonds is 7. The Bertz CT molecular complexity index is 1130. The number of nitrogens with two attached hydrogens (primary N) is 2. The number of carbonyl (C=O) groups excluding carboxylic acids is 2. The van der Waals surface area contributed by atoms with Gasteiger partial charge in [-0.1, -0.05) is 30.3 Å². The number of anilines is 6. The molecule has 3 aromatic rings. The van der Waals surface area contributed by atoms with E-state index in [1.54, 1.807) is 30.3 Å². The number of halogens is 1. The van der Waals surface area contributed by atoms with Crippen molar-refractivity contribution in [2.24, 2.45) is 5.73 Å². The molecule has 0 unspecified atom stereocenters. The van der Waals surface area contributed by atoms with E-state index in [1.165, 1.54) is 24.4 Å². The molecule has 152 valence electrons. The van der Waals surface area contributed by atoms with Gasteiger partial charge in [-0.15, -0.1) is 0 Å². The number of nitrogen functional groups attached to an aromatic ring is 1. The van der Waals surface area contributed by atoms with Gasteiger partial charge in [-0.2, -0.15) is 4.98 Å². The van der Waals surface area contributed by atoms with Crippen LogP contribution in [0.25, 0.3) is 0 Å². The molecule has 10 heteroatoms. The smallest absolute Gasteiger partial charge is 0.248 e. The van der Waals surface area contributed by atoms with E-state index in [0.29, 0.717) is 28.6 Å². The number of benzene rings is 2. The van der Waals surface area contributed by atoms with Gasteiger partial charge in [0.15, 0.2) is 5.82 Å². The third-order valence-corrected chi connectivity index (χ3v) is 4.14. The highest BCUT2D eigenvalue weighted by Gasteiger charge is 2.11. The van der Waals surface area contributed by atoms with Gasteiger partial charge in [0.2, 0.25) is 17.8 Å². The summed E-state index contributed by atoms with van der Waals surface area (Å²) in [4.78, 5) is 31.6. The summed E-state index contributed by atoms with van der Waals surface area (Å²) in [6.07, 6.45) is 2.58. The van der Waals surface area contributed by atoms with Crippen molar-refractivity contribution in [3.05, 3.63) is 71.9 Å². The summed E-state index contributed by atoms with van der Waals surface area (Å²) >= 11 is 6.23. The van der Waals surface area contributed by atoms with Crippen LogP contribution in [0.1, 0.15) is 10.4 Å². The molecule has 0 aliphatic heterocycles. The number of amides is 2. The van der Waals surface area contributed by atoms with Gasteiger partial charge < -0.3 is 27.4 Å². The summed E-state index contributed by atoms with van der Waals surface area (Å²) in [5.74, 6) is -0.459. The molecule has 7 N–H and O–H groups in total. The van der Waals surface area contributed by atoms with Crippen molar-refractivity contribution in [1.82, 2.24) is 9.97 Å². The molecular weight excluding hydrogens is 406 g/mol. The van der Waals surface area contributed by atoms with Gasteiger partial charge in [0.25, 0.3) is 0 Å². The van der Waals surface area contributed by atoms with E-state index in [1.807, 2.05) is 0 Å². The summed E-state index contributed by atoms with van der Waals surface area (Å²) in [6.45, 7) is 3.44. The lowest BCUT2D eigenvalue weighted by atomic mass is 10.1. The molecular formula is C20H18ClN7O2. The normalized spacial score (nSPS) is 10.2. The molecule has 9 nitrogen and oxygen atoms in total. The topological polar surface area (TPSA) is 148 Å². The van der Waals surface area contributed by atoms with E-state index < -0.39 is 5.91 Å². The molecule has 0 bridgehead atoms. The molecule has 2 amide bonds. The zero-order valence-electron chi connectivity index (χ0n) is 15.6. The maximum Gasteiger partial charge on any atom is 0.248 e. The van der Waals surface area contributed by atoms with Gasteiger partial charge in [-0.25, -0.2) is 4.98 Å². The molecule has 3 rings (SSSR count). The van der Waals surface area contributed by atoms with Crippen molar-refractivity contribution in [1.29, 1.82) is 0 Å². The SMILES string of the molecule is C=CC(=O)Nc1ccccc1Nc1nc(Nc2cc(N)cc(C(N)=O)c2)ncc1Cl. The van der Waals surface area contributed by atoms with Crippen LogP contribution >= 0.6 is 11.6 Å². The Hall–Kier alpha value is -4.11. The van der Waals surface area contributed by atoms with Crippen LogP contribution in [0.3, 0.4) is 0 Å². The Kier molecular flexibility index (Phi) is 6.14. The quantitative estimate of drug-likeness (QED) is 0.288. The lowest BCUT2D eigenvalue weighted by Crippen LogP contribution is -2.12. The Morgan fingerprint density at radius 1 is 1.10 bits per heavy atom. The van der Waals surface area contributed by atoms with Gasteiger partial charge in [-0.3, -0.25) is 9.59 Å². The molecule has 0 saturated heterocycles. The predicted octanol–water partition coefficient (Wildman–Crippen LogP) is 3.42. The number of hydrogen-bond acceptors (Lipinski definition) is 7. The van der Waals surface area contributed by atoms with E-state index in [0.717, 1.165) is 0 Å². The molecule has 0 atom stereocenters. The van der Waals surface area contributed by atoms with E-state index >= 15 is 0 Å². The first-order chi connectivity index (χ1) is 14.4. The Balaban J connectivity index is 1.88. The number of nitrogens with zero attached hydrogens (tertiary/aromatic N) is 2. The van der Waals surface area contributed by atoms with Crippen molar-refractivity contribution < 1.29 is 9.59 Å².